The summed E-state index contributed by atoms with van der Waals surface area (Å²) < 4.78 is 5.06. The molecule has 0 saturated carbocycles. The highest BCUT2D eigenvalue weighted by molar-refractivity contribution is 7.12. The number of aryl methyl sites for hydroxylation is 1. The van der Waals surface area contributed by atoms with Crippen LogP contribution in [-0.2, 0) is 9.59 Å². The molecule has 0 aliphatic carbocycles. The Bertz CT molecular complexity index is 852. The molecule has 6 nitrogen and oxygen atoms in total. The van der Waals surface area contributed by atoms with Gasteiger partial charge in [-0.25, -0.2) is 9.69 Å². The Morgan fingerprint density at radius 2 is 1.79 bits per heavy atom. The molecule has 1 fully saturated rings. The second-order valence-electron chi connectivity index (χ2n) is 5.10. The molecule has 1 aromatic heterocycles. The highest BCUT2D eigenvalue weighted by Gasteiger charge is 2.36. The van der Waals surface area contributed by atoms with Crippen molar-refractivity contribution in [2.45, 2.75) is 6.92 Å². The second-order valence-corrected chi connectivity index (χ2v) is 6.42. The van der Waals surface area contributed by atoms with E-state index in [1.807, 2.05) is 19.1 Å². The van der Waals surface area contributed by atoms with Crippen LogP contribution in [0, 0.1) is 6.92 Å². The van der Waals surface area contributed by atoms with Crippen LogP contribution < -0.4 is 15.0 Å². The van der Waals surface area contributed by atoms with Gasteiger partial charge >= 0.3 is 6.03 Å². The molecule has 1 aliphatic rings. The van der Waals surface area contributed by atoms with Crippen LogP contribution >= 0.6 is 11.3 Å². The van der Waals surface area contributed by atoms with Crippen LogP contribution in [0.5, 0.6) is 5.75 Å². The summed E-state index contributed by atoms with van der Waals surface area (Å²) in [4.78, 5) is 39.6. The lowest BCUT2D eigenvalue weighted by Gasteiger charge is -2.26. The Morgan fingerprint density at radius 3 is 2.38 bits per heavy atom. The minimum Gasteiger partial charge on any atom is -0.497 e. The van der Waals surface area contributed by atoms with E-state index in [1.54, 1.807) is 24.3 Å². The van der Waals surface area contributed by atoms with Crippen molar-refractivity contribution in [2.24, 2.45) is 0 Å². The van der Waals surface area contributed by atoms with Gasteiger partial charge in [-0.2, -0.15) is 0 Å². The summed E-state index contributed by atoms with van der Waals surface area (Å²) in [6.07, 6.45) is 1.50. The molecule has 2 aromatic rings. The van der Waals surface area contributed by atoms with Gasteiger partial charge in [-0.1, -0.05) is 0 Å². The molecule has 4 amide bonds. The van der Waals surface area contributed by atoms with Crippen LogP contribution in [0.2, 0.25) is 0 Å². The average molecular weight is 342 g/mol. The Kier molecular flexibility index (Phi) is 4.18. The van der Waals surface area contributed by atoms with Gasteiger partial charge in [0.15, 0.2) is 0 Å². The molecule has 0 atom stereocenters. The summed E-state index contributed by atoms with van der Waals surface area (Å²) >= 11 is 1.46. The zero-order valence-electron chi connectivity index (χ0n) is 13.0. The van der Waals surface area contributed by atoms with Gasteiger partial charge in [0.1, 0.15) is 11.3 Å². The molecule has 1 aliphatic heterocycles. The molecule has 3 rings (SSSR count). The first-order chi connectivity index (χ1) is 11.5. The molecule has 1 aromatic carbocycles. The van der Waals surface area contributed by atoms with Gasteiger partial charge in [-0.3, -0.25) is 14.9 Å². The number of anilines is 1. The number of thiophene rings is 1. The third-order valence-corrected chi connectivity index (χ3v) is 4.43. The number of hydrogen-bond acceptors (Lipinski definition) is 5. The van der Waals surface area contributed by atoms with Gasteiger partial charge in [0, 0.05) is 9.75 Å². The highest BCUT2D eigenvalue weighted by Crippen LogP contribution is 2.25. The molecule has 1 N–H and O–H groups in total. The lowest BCUT2D eigenvalue weighted by molar-refractivity contribution is -0.122. The molecule has 0 spiro atoms. The van der Waals surface area contributed by atoms with E-state index >= 15 is 0 Å². The fourth-order valence-electron chi connectivity index (χ4n) is 2.30. The number of benzene rings is 1. The first-order valence-electron chi connectivity index (χ1n) is 7.11. The number of barbiturate groups is 1. The maximum Gasteiger partial charge on any atom is 0.335 e. The maximum atomic E-state index is 12.7. The number of amides is 4. The fourth-order valence-corrected chi connectivity index (χ4v) is 3.12. The van der Waals surface area contributed by atoms with Crippen molar-refractivity contribution >= 4 is 40.9 Å². The number of carbonyl (C=O) groups is 3. The highest BCUT2D eigenvalue weighted by atomic mass is 32.1. The van der Waals surface area contributed by atoms with Crippen molar-refractivity contribution in [1.82, 2.24) is 5.32 Å². The quantitative estimate of drug-likeness (QED) is 0.687. The summed E-state index contributed by atoms with van der Waals surface area (Å²) in [6, 6.07) is 9.39. The van der Waals surface area contributed by atoms with Gasteiger partial charge in [0.25, 0.3) is 11.8 Å². The van der Waals surface area contributed by atoms with Crippen molar-refractivity contribution in [1.29, 1.82) is 0 Å². The normalized spacial score (nSPS) is 16.5. The van der Waals surface area contributed by atoms with Gasteiger partial charge in [-0.15, -0.1) is 11.3 Å². The van der Waals surface area contributed by atoms with E-state index in [4.69, 9.17) is 4.74 Å². The summed E-state index contributed by atoms with van der Waals surface area (Å²) in [5.74, 6) is -0.745. The SMILES string of the molecule is COc1ccc(N2C(=O)NC(=O)/C(=C/c3ccc(C)s3)C2=O)cc1. The number of hydrogen-bond donors (Lipinski definition) is 1. The standard InChI is InChI=1S/C17H14N2O4S/c1-10-3-8-13(24-10)9-14-15(20)18-17(22)19(16(14)21)11-4-6-12(23-2)7-5-11/h3-9H,1-2H3,(H,18,20,22)/b14-9-. The van der Waals surface area contributed by atoms with E-state index in [0.717, 1.165) is 14.7 Å². The third kappa shape index (κ3) is 2.93. The molecule has 24 heavy (non-hydrogen) atoms. The Labute approximate surface area is 142 Å². The summed E-state index contributed by atoms with van der Waals surface area (Å²) in [7, 11) is 1.52. The fraction of sp³-hybridized carbons (Fsp3) is 0.118. The number of imide groups is 2. The van der Waals surface area contributed by atoms with Crippen LogP contribution in [0.25, 0.3) is 6.08 Å². The third-order valence-electron chi connectivity index (χ3n) is 3.48. The molecule has 122 valence electrons. The van der Waals surface area contributed by atoms with Crippen molar-refractivity contribution in [2.75, 3.05) is 12.0 Å². The molecule has 0 bridgehead atoms. The van der Waals surface area contributed by atoms with E-state index < -0.39 is 17.8 Å². The van der Waals surface area contributed by atoms with E-state index in [1.165, 1.54) is 24.5 Å². The molecule has 2 heterocycles. The summed E-state index contributed by atoms with van der Waals surface area (Å²) in [5.41, 5.74) is 0.284. The first-order valence-corrected chi connectivity index (χ1v) is 7.93. The zero-order valence-corrected chi connectivity index (χ0v) is 13.8. The van der Waals surface area contributed by atoms with Crippen molar-refractivity contribution in [3.63, 3.8) is 0 Å². The largest absolute Gasteiger partial charge is 0.497 e. The monoisotopic (exact) mass is 342 g/mol. The lowest BCUT2D eigenvalue weighted by atomic mass is 10.1. The molecule has 7 heteroatoms. The van der Waals surface area contributed by atoms with Crippen molar-refractivity contribution < 1.29 is 19.1 Å². The van der Waals surface area contributed by atoms with Crippen molar-refractivity contribution in [3.8, 4) is 5.75 Å². The van der Waals surface area contributed by atoms with E-state index in [9.17, 15) is 14.4 Å². The second kappa shape index (κ2) is 6.29. The van der Waals surface area contributed by atoms with Crippen LogP contribution in [0.15, 0.2) is 42.0 Å². The topological polar surface area (TPSA) is 75.7 Å². The first kappa shape index (κ1) is 15.9. The number of methoxy groups -OCH3 is 1. The minimum atomic E-state index is -0.769. The number of rotatable bonds is 3. The summed E-state index contributed by atoms with van der Waals surface area (Å²) in [6.45, 7) is 1.93. The predicted octanol–water partition coefficient (Wildman–Crippen LogP) is 2.73. The van der Waals surface area contributed by atoms with E-state index in [0.29, 0.717) is 11.4 Å². The smallest absolute Gasteiger partial charge is 0.335 e. The molecule has 1 saturated heterocycles. The Balaban J connectivity index is 1.97. The minimum absolute atomic E-state index is 0.0766. The number of urea groups is 1. The van der Waals surface area contributed by atoms with E-state index in [-0.39, 0.29) is 5.57 Å². The Morgan fingerprint density at radius 1 is 1.08 bits per heavy atom. The van der Waals surface area contributed by atoms with Crippen LogP contribution in [0.3, 0.4) is 0 Å². The number of nitrogens with one attached hydrogen (secondary N) is 1. The Hall–Kier alpha value is -2.93. The number of carbonyl (C=O) groups excluding carboxylic acids is 3. The predicted molar refractivity (Wildman–Crippen MR) is 91.1 cm³/mol. The van der Waals surface area contributed by atoms with Gasteiger partial charge < -0.3 is 4.74 Å². The summed E-state index contributed by atoms with van der Waals surface area (Å²) in [5, 5.41) is 2.20. The van der Waals surface area contributed by atoms with Gasteiger partial charge in [0.05, 0.1) is 12.8 Å². The lowest BCUT2D eigenvalue weighted by Crippen LogP contribution is -2.54. The van der Waals surface area contributed by atoms with Gasteiger partial charge in [-0.05, 0) is 49.4 Å². The molecular formula is C17H14N2O4S. The van der Waals surface area contributed by atoms with Gasteiger partial charge in [0.2, 0.25) is 0 Å². The van der Waals surface area contributed by atoms with Crippen LogP contribution in [-0.4, -0.2) is 25.0 Å². The van der Waals surface area contributed by atoms with Crippen LogP contribution in [0.4, 0.5) is 10.5 Å². The van der Waals surface area contributed by atoms with Crippen molar-refractivity contribution in [3.05, 3.63) is 51.7 Å². The zero-order chi connectivity index (χ0) is 17.3. The van der Waals surface area contributed by atoms with Crippen LogP contribution in [0.1, 0.15) is 9.75 Å². The average Bonchev–Trinajstić information content (AvgIpc) is 2.97. The van der Waals surface area contributed by atoms with E-state index in [2.05, 4.69) is 5.32 Å². The molecule has 0 radical (unpaired) electrons. The number of ether oxygens (including phenoxy) is 1. The molecule has 0 unspecified atom stereocenters. The molecular weight excluding hydrogens is 328 g/mol. The maximum absolute atomic E-state index is 12.7. The number of nitrogens with zero attached hydrogens (tertiary/aromatic N) is 1.